The van der Waals surface area contributed by atoms with Crippen molar-refractivity contribution >= 4 is 33.6 Å². The normalized spacial score (nSPS) is 17.5. The molecule has 0 atom stereocenters. The number of nitrogens with zero attached hydrogens (tertiary/aromatic N) is 3. The number of hydrogen-bond donors (Lipinski definition) is 2. The number of anilines is 1. The lowest BCUT2D eigenvalue weighted by molar-refractivity contribution is -0.159. The molecule has 0 aromatic heterocycles. The van der Waals surface area contributed by atoms with Crippen LogP contribution >= 0.6 is 15.9 Å². The summed E-state index contributed by atoms with van der Waals surface area (Å²) in [5, 5.41) is 14.8. The molecule has 0 amide bonds. The third kappa shape index (κ3) is 7.44. The average molecular weight is 534 g/mol. The Kier molecular flexibility index (Phi) is 9.74. The van der Waals surface area contributed by atoms with Gasteiger partial charge in [-0.25, -0.2) is 9.59 Å². The molecule has 2 aromatic carbocycles. The van der Waals surface area contributed by atoms with Crippen LogP contribution in [0.3, 0.4) is 0 Å². The summed E-state index contributed by atoms with van der Waals surface area (Å²) in [6.07, 6.45) is 2.53. The number of likely N-dealkylation sites (tertiary alicyclic amines) is 1. The average Bonchev–Trinajstić information content (AvgIpc) is 2.86. The van der Waals surface area contributed by atoms with E-state index in [2.05, 4.69) is 73.1 Å². The Hall–Kier alpha value is -2.62. The Morgan fingerprint density at radius 1 is 0.941 bits per heavy atom. The zero-order valence-electron chi connectivity index (χ0n) is 19.4. The van der Waals surface area contributed by atoms with Crippen molar-refractivity contribution in [2.45, 2.75) is 25.4 Å². The van der Waals surface area contributed by atoms with E-state index in [4.69, 9.17) is 24.5 Å². The van der Waals surface area contributed by atoms with Crippen LogP contribution in [0.2, 0.25) is 0 Å². The molecule has 9 heteroatoms. The quantitative estimate of drug-likeness (QED) is 0.564. The lowest BCUT2D eigenvalue weighted by atomic mass is 10.0. The third-order valence-corrected chi connectivity index (χ3v) is 6.82. The largest absolute Gasteiger partial charge is 0.496 e. The topological polar surface area (TPSA) is 93.5 Å². The summed E-state index contributed by atoms with van der Waals surface area (Å²) in [5.41, 5.74) is 2.63. The molecule has 4 rings (SSSR count). The fourth-order valence-corrected chi connectivity index (χ4v) is 4.95. The van der Waals surface area contributed by atoms with Crippen molar-refractivity contribution in [3.05, 3.63) is 58.6 Å². The monoisotopic (exact) mass is 533 g/mol. The van der Waals surface area contributed by atoms with Gasteiger partial charge in [0.25, 0.3) is 0 Å². The smallest absolute Gasteiger partial charge is 0.414 e. The minimum absolute atomic E-state index is 0.735. The maximum Gasteiger partial charge on any atom is 0.414 e. The predicted octanol–water partition coefficient (Wildman–Crippen LogP) is 3.40. The highest BCUT2D eigenvalue weighted by Gasteiger charge is 2.27. The van der Waals surface area contributed by atoms with Gasteiger partial charge in [-0.1, -0.05) is 34.1 Å². The highest BCUT2D eigenvalue weighted by atomic mass is 79.9. The van der Waals surface area contributed by atoms with Crippen LogP contribution in [0.5, 0.6) is 5.75 Å². The molecule has 2 aliphatic rings. The Morgan fingerprint density at radius 2 is 1.56 bits per heavy atom. The van der Waals surface area contributed by atoms with E-state index in [1.807, 2.05) is 6.07 Å². The molecule has 2 aromatic rings. The fraction of sp³-hybridized carbons (Fsp3) is 0.440. The number of carbonyl (C=O) groups is 2. The Labute approximate surface area is 208 Å². The molecule has 0 unspecified atom stereocenters. The van der Waals surface area contributed by atoms with E-state index in [1.165, 1.54) is 50.3 Å². The van der Waals surface area contributed by atoms with Gasteiger partial charge in [0.15, 0.2) is 0 Å². The number of benzene rings is 2. The van der Waals surface area contributed by atoms with Crippen molar-refractivity contribution in [2.75, 3.05) is 51.3 Å². The third-order valence-electron chi connectivity index (χ3n) is 6.33. The van der Waals surface area contributed by atoms with Crippen LogP contribution in [0.25, 0.3) is 0 Å². The van der Waals surface area contributed by atoms with Crippen LogP contribution in [-0.4, -0.2) is 84.4 Å². The van der Waals surface area contributed by atoms with Gasteiger partial charge in [0.2, 0.25) is 0 Å². The zero-order valence-corrected chi connectivity index (χ0v) is 21.0. The van der Waals surface area contributed by atoms with Gasteiger partial charge in [0, 0.05) is 54.5 Å². The number of piperidine rings is 1. The molecule has 2 fully saturated rings. The summed E-state index contributed by atoms with van der Waals surface area (Å²) >= 11 is 3.59. The molecule has 0 radical (unpaired) electrons. The summed E-state index contributed by atoms with van der Waals surface area (Å²) < 4.78 is 6.66. The molecule has 2 saturated heterocycles. The summed E-state index contributed by atoms with van der Waals surface area (Å²) in [6.45, 7) is 7.94. The second-order valence-corrected chi connectivity index (χ2v) is 9.35. The van der Waals surface area contributed by atoms with Crippen molar-refractivity contribution in [1.82, 2.24) is 9.80 Å². The number of aliphatic carboxylic acids is 2. The number of rotatable bonds is 5. The van der Waals surface area contributed by atoms with E-state index in [0.29, 0.717) is 0 Å². The van der Waals surface area contributed by atoms with Gasteiger partial charge in [0.05, 0.1) is 7.11 Å². The van der Waals surface area contributed by atoms with Crippen molar-refractivity contribution in [1.29, 1.82) is 0 Å². The van der Waals surface area contributed by atoms with Gasteiger partial charge < -0.3 is 19.8 Å². The van der Waals surface area contributed by atoms with E-state index in [9.17, 15) is 0 Å². The maximum absolute atomic E-state index is 9.10. The molecule has 0 bridgehead atoms. The molecule has 2 aliphatic heterocycles. The standard InChI is InChI=1S/C23H30BrN3O.C2H2O4/c1-28-23-8-7-20(24)17-19(23)18-25-11-9-22(10-12-25)27-15-13-26(14-16-27)21-5-3-2-4-6-21;3-1(4)2(5)6/h2-8,17,22H,9-16,18H2,1H3;(H,3,4)(H,5,6). The summed E-state index contributed by atoms with van der Waals surface area (Å²) in [6, 6.07) is 17.8. The second-order valence-electron chi connectivity index (χ2n) is 8.43. The minimum atomic E-state index is -1.82. The number of carboxylic acids is 2. The zero-order chi connectivity index (χ0) is 24.5. The highest BCUT2D eigenvalue weighted by Crippen LogP contribution is 2.27. The van der Waals surface area contributed by atoms with E-state index in [-0.39, 0.29) is 0 Å². The number of piperazine rings is 1. The lowest BCUT2D eigenvalue weighted by Gasteiger charge is -2.43. The lowest BCUT2D eigenvalue weighted by Crippen LogP contribution is -2.53. The van der Waals surface area contributed by atoms with Crippen molar-refractivity contribution in [3.8, 4) is 5.75 Å². The summed E-state index contributed by atoms with van der Waals surface area (Å²) in [4.78, 5) is 26.0. The van der Waals surface area contributed by atoms with Crippen LogP contribution < -0.4 is 9.64 Å². The van der Waals surface area contributed by atoms with Crippen molar-refractivity contribution < 1.29 is 24.5 Å². The van der Waals surface area contributed by atoms with Crippen LogP contribution in [0.4, 0.5) is 5.69 Å². The maximum atomic E-state index is 9.10. The summed E-state index contributed by atoms with van der Waals surface area (Å²) in [7, 11) is 1.76. The Bertz CT molecular complexity index is 931. The molecule has 34 heavy (non-hydrogen) atoms. The number of methoxy groups -OCH3 is 1. The van der Waals surface area contributed by atoms with Gasteiger partial charge in [-0.3, -0.25) is 9.80 Å². The molecule has 2 N–H and O–H groups in total. The molecule has 0 aliphatic carbocycles. The van der Waals surface area contributed by atoms with Gasteiger partial charge >= 0.3 is 11.9 Å². The number of hydrogen-bond acceptors (Lipinski definition) is 6. The van der Waals surface area contributed by atoms with E-state index in [1.54, 1.807) is 7.11 Å². The van der Waals surface area contributed by atoms with Crippen molar-refractivity contribution in [2.24, 2.45) is 0 Å². The van der Waals surface area contributed by atoms with Gasteiger partial charge in [-0.2, -0.15) is 0 Å². The first-order valence-electron chi connectivity index (χ1n) is 11.4. The molecular weight excluding hydrogens is 502 g/mol. The molecular formula is C25H32BrN3O5. The van der Waals surface area contributed by atoms with Gasteiger partial charge in [-0.15, -0.1) is 0 Å². The Morgan fingerprint density at radius 3 is 2.12 bits per heavy atom. The first-order chi connectivity index (χ1) is 16.4. The van der Waals surface area contributed by atoms with E-state index < -0.39 is 11.9 Å². The predicted molar refractivity (Wildman–Crippen MR) is 134 cm³/mol. The van der Waals surface area contributed by atoms with Gasteiger partial charge in [0.1, 0.15) is 5.75 Å². The Balaban J connectivity index is 0.000000481. The summed E-state index contributed by atoms with van der Waals surface area (Å²) in [5.74, 6) is -2.66. The van der Waals surface area contributed by atoms with Crippen LogP contribution in [-0.2, 0) is 16.1 Å². The minimum Gasteiger partial charge on any atom is -0.496 e. The SMILES string of the molecule is COc1ccc(Br)cc1CN1CCC(N2CCN(c3ccccc3)CC2)CC1.O=C(O)C(=O)O. The van der Waals surface area contributed by atoms with Crippen LogP contribution in [0.1, 0.15) is 18.4 Å². The van der Waals surface area contributed by atoms with Crippen LogP contribution in [0.15, 0.2) is 53.0 Å². The van der Waals surface area contributed by atoms with E-state index in [0.717, 1.165) is 35.9 Å². The number of para-hydroxylation sites is 1. The number of halogens is 1. The first-order valence-corrected chi connectivity index (χ1v) is 12.2. The fourth-order valence-electron chi connectivity index (χ4n) is 4.54. The van der Waals surface area contributed by atoms with Crippen molar-refractivity contribution in [3.63, 3.8) is 0 Å². The number of carboxylic acid groups (broad SMARTS) is 2. The molecule has 0 spiro atoms. The second kappa shape index (κ2) is 12.7. The van der Waals surface area contributed by atoms with E-state index >= 15 is 0 Å². The highest BCUT2D eigenvalue weighted by molar-refractivity contribution is 9.10. The molecule has 2 heterocycles. The van der Waals surface area contributed by atoms with Crippen LogP contribution in [0, 0.1) is 0 Å². The molecule has 8 nitrogen and oxygen atoms in total. The first kappa shape index (κ1) is 26.0. The number of ether oxygens (including phenoxy) is 1. The molecule has 0 saturated carbocycles. The van der Waals surface area contributed by atoms with Gasteiger partial charge in [-0.05, 0) is 56.3 Å². The molecule has 184 valence electrons.